The second-order valence-electron chi connectivity index (χ2n) is 18.0. The van der Waals surface area contributed by atoms with Crippen LogP contribution in [-0.4, -0.2) is 3.21 Å². The molecule has 0 saturated heterocycles. The van der Waals surface area contributed by atoms with Crippen LogP contribution in [0.5, 0.6) is 0 Å². The van der Waals surface area contributed by atoms with E-state index in [0.29, 0.717) is 0 Å². The Morgan fingerprint density at radius 3 is 1.79 bits per heavy atom. The molecule has 0 amide bonds. The van der Waals surface area contributed by atoms with Gasteiger partial charge >= 0.3 is 291 Å². The molecule has 2 aromatic carbocycles. The molecular weight excluding hydrogens is 703 g/mol. The van der Waals surface area contributed by atoms with Gasteiger partial charge in [0.05, 0.1) is 0 Å². The van der Waals surface area contributed by atoms with Crippen LogP contribution in [0.2, 0.25) is 0 Å². The number of allylic oxidation sites excluding steroid dienone is 8. The normalized spacial score (nSPS) is 17.8. The Kier molecular flexibility index (Phi) is 11.6. The summed E-state index contributed by atoms with van der Waals surface area (Å²) in [6, 6.07) is 10.5. The van der Waals surface area contributed by atoms with Gasteiger partial charge in [0.1, 0.15) is 0 Å². The van der Waals surface area contributed by atoms with E-state index in [-0.39, 0.29) is 46.5 Å². The van der Waals surface area contributed by atoms with Gasteiger partial charge in [-0.3, -0.25) is 0 Å². The van der Waals surface area contributed by atoms with Gasteiger partial charge in [0.25, 0.3) is 0 Å². The molecule has 258 valence electrons. The maximum atomic E-state index is 2.68. The summed E-state index contributed by atoms with van der Waals surface area (Å²) in [6.45, 7) is 29.4. The van der Waals surface area contributed by atoms with Gasteiger partial charge in [-0.25, -0.2) is 0 Å². The first kappa shape index (κ1) is 39.5. The minimum atomic E-state index is -2.36. The Balaban J connectivity index is 0.00000260. The number of benzene rings is 2. The predicted molar refractivity (Wildman–Crippen MR) is 200 cm³/mol. The molecule has 0 unspecified atom stereocenters. The average Bonchev–Trinajstić information content (AvgIpc) is 3.71. The van der Waals surface area contributed by atoms with Gasteiger partial charge in [-0.05, 0) is 0 Å². The van der Waals surface area contributed by atoms with Crippen molar-refractivity contribution in [1.82, 2.24) is 0 Å². The number of rotatable bonds is 8. The first-order chi connectivity index (χ1) is 21.5. The van der Waals surface area contributed by atoms with E-state index < -0.39 is 21.3 Å². The largest absolute Gasteiger partial charge is 1.00 e. The van der Waals surface area contributed by atoms with E-state index in [1.165, 1.54) is 78.3 Å². The summed E-state index contributed by atoms with van der Waals surface area (Å²) in [6.07, 6.45) is 20.1. The second kappa shape index (κ2) is 14.0. The second-order valence-corrected chi connectivity index (χ2v) is 24.3. The third-order valence-corrected chi connectivity index (χ3v) is 20.2. The molecule has 0 fully saturated rings. The van der Waals surface area contributed by atoms with Crippen LogP contribution in [0.4, 0.5) is 0 Å². The summed E-state index contributed by atoms with van der Waals surface area (Å²) in [4.78, 5) is 0. The summed E-state index contributed by atoms with van der Waals surface area (Å²) in [5.74, 6) is 0. The number of unbranched alkanes of at least 4 members (excludes halogenated alkanes) is 2. The Labute approximate surface area is 314 Å². The molecule has 0 radical (unpaired) electrons. The fourth-order valence-corrected chi connectivity index (χ4v) is 19.1. The van der Waals surface area contributed by atoms with Crippen LogP contribution in [-0.2, 0) is 38.5 Å². The Bertz CT molecular complexity index is 1740. The van der Waals surface area contributed by atoms with Gasteiger partial charge in [0.2, 0.25) is 0 Å². The number of hydrogen-bond donors (Lipinski definition) is 0. The van der Waals surface area contributed by atoms with Crippen LogP contribution >= 0.6 is 0 Å². The van der Waals surface area contributed by atoms with Gasteiger partial charge in [0.15, 0.2) is 0 Å². The third-order valence-electron chi connectivity index (χ3n) is 11.4. The van der Waals surface area contributed by atoms with Crippen LogP contribution in [0.25, 0.3) is 22.3 Å². The molecule has 0 bridgehead atoms. The van der Waals surface area contributed by atoms with Crippen molar-refractivity contribution in [3.63, 3.8) is 0 Å². The van der Waals surface area contributed by atoms with Crippen LogP contribution < -0.4 is 24.8 Å². The summed E-state index contributed by atoms with van der Waals surface area (Å²) in [5.41, 5.74) is 15.8. The zero-order valence-corrected chi connectivity index (χ0v) is 36.0. The molecule has 4 aliphatic rings. The summed E-state index contributed by atoms with van der Waals surface area (Å²) < 4.78 is 5.70. The molecule has 0 saturated carbocycles. The van der Waals surface area contributed by atoms with Crippen molar-refractivity contribution in [2.24, 2.45) is 10.8 Å². The third kappa shape index (κ3) is 6.73. The first-order valence-corrected chi connectivity index (χ1v) is 22.1. The van der Waals surface area contributed by atoms with Gasteiger partial charge < -0.3 is 24.8 Å². The zero-order chi connectivity index (χ0) is 33.4. The van der Waals surface area contributed by atoms with Crippen LogP contribution in [0.1, 0.15) is 161 Å². The summed E-state index contributed by atoms with van der Waals surface area (Å²) in [7, 11) is 0. The standard InChI is InChI=1S/C31H37.C9H18.C5H5.2ClH.Zr/c1-28(2,3)26-16-30(7,8)24-12-18-11-19-13-25-23(15-21(19)20(18)14-22(24)26)27(29(4,5)6)17-31(25,9)10;1-3-5-7-9-8-6-4-2;1-2-4-5-3-1;;;/h12-16H,11H2,1-10H3;3-8H2,1-2H3;1-3H,4H2;2*1H;/q;;;;;+2/p-2. The summed E-state index contributed by atoms with van der Waals surface area (Å²) >= 11 is -2.36. The van der Waals surface area contributed by atoms with E-state index in [0.717, 1.165) is 6.42 Å². The monoisotopic (exact) mass is 760 g/mol. The molecule has 4 aliphatic carbocycles. The minimum absolute atomic E-state index is 0. The van der Waals surface area contributed by atoms with Crippen molar-refractivity contribution < 1.29 is 46.1 Å². The number of hydrogen-bond acceptors (Lipinski definition) is 0. The molecule has 3 heteroatoms. The molecule has 6 rings (SSSR count). The van der Waals surface area contributed by atoms with E-state index in [1.54, 1.807) is 22.3 Å². The van der Waals surface area contributed by atoms with Crippen molar-refractivity contribution in [2.45, 2.75) is 145 Å². The molecule has 0 heterocycles. The zero-order valence-electron chi connectivity index (χ0n) is 32.0. The molecule has 2 aromatic rings. The van der Waals surface area contributed by atoms with Gasteiger partial charge in [-0.15, -0.1) is 0 Å². The maximum absolute atomic E-state index is 2.68. The van der Waals surface area contributed by atoms with Crippen molar-refractivity contribution >= 4 is 14.4 Å². The van der Waals surface area contributed by atoms with Crippen LogP contribution in [0, 0.1) is 10.8 Å². The maximum Gasteiger partial charge on any atom is -1.00 e. The SMILES string of the molecule is CCCC[C](CCCC)=[Zr+2]([C]1=CC=CC1)[C]1=C(C(C)(C)C)c2cc3c(cc2C1(C)C)Cc1cc2c(cc1-3)C(C(C)(C)C)=CC2(C)C.[Cl-].[Cl-]. The minimum Gasteiger partial charge on any atom is -1.00 e. The van der Waals surface area contributed by atoms with Crippen LogP contribution in [0.3, 0.4) is 0 Å². The predicted octanol–water partition coefficient (Wildman–Crippen LogP) is 7.05. The van der Waals surface area contributed by atoms with Crippen molar-refractivity contribution in [2.75, 3.05) is 0 Å². The van der Waals surface area contributed by atoms with Crippen molar-refractivity contribution in [3.8, 4) is 11.1 Å². The first-order valence-electron chi connectivity index (χ1n) is 18.4. The molecule has 0 spiro atoms. The van der Waals surface area contributed by atoms with Gasteiger partial charge in [0, 0.05) is 0 Å². The molecule has 0 N–H and O–H groups in total. The number of fused-ring (bicyclic) bond motifs is 5. The topological polar surface area (TPSA) is 0 Å². The molecule has 0 nitrogen and oxygen atoms in total. The molecule has 0 aromatic heterocycles. The van der Waals surface area contributed by atoms with Gasteiger partial charge in [-0.2, -0.15) is 0 Å². The van der Waals surface area contributed by atoms with E-state index in [2.05, 4.69) is 132 Å². The average molecular weight is 763 g/mol. The van der Waals surface area contributed by atoms with E-state index in [9.17, 15) is 0 Å². The van der Waals surface area contributed by atoms with E-state index in [4.69, 9.17) is 0 Å². The number of halogens is 2. The molecule has 0 aliphatic heterocycles. The van der Waals surface area contributed by atoms with Crippen molar-refractivity contribution in [3.05, 3.63) is 88.5 Å². The Hall–Kier alpha value is -1.27. The van der Waals surface area contributed by atoms with Gasteiger partial charge in [-0.1, -0.05) is 0 Å². The van der Waals surface area contributed by atoms with E-state index >= 15 is 0 Å². The fraction of sp³-hybridized carbons (Fsp3) is 0.533. The Morgan fingerprint density at radius 1 is 0.729 bits per heavy atom. The van der Waals surface area contributed by atoms with E-state index in [1.807, 2.05) is 9.77 Å². The molecule has 48 heavy (non-hydrogen) atoms. The molecular formula is C45H60Cl2Zr. The van der Waals surface area contributed by atoms with Crippen molar-refractivity contribution in [1.29, 1.82) is 0 Å². The summed E-state index contributed by atoms with van der Waals surface area (Å²) in [5, 5.41) is 0. The fourth-order valence-electron chi connectivity index (χ4n) is 9.06. The Morgan fingerprint density at radius 2 is 1.29 bits per heavy atom. The smallest absolute Gasteiger partial charge is 1.00 e. The quantitative estimate of drug-likeness (QED) is 0.231. The molecule has 0 atom stereocenters. The van der Waals surface area contributed by atoms with Crippen LogP contribution in [0.15, 0.2) is 55.1 Å².